The molecule has 0 aliphatic heterocycles. The van der Waals surface area contributed by atoms with Gasteiger partial charge in [-0.15, -0.1) is 0 Å². The molecule has 1 aliphatic carbocycles. The van der Waals surface area contributed by atoms with Gasteiger partial charge in [0.1, 0.15) is 4.90 Å². The third-order valence-corrected chi connectivity index (χ3v) is 4.54. The highest BCUT2D eigenvalue weighted by atomic mass is 32.2. The summed E-state index contributed by atoms with van der Waals surface area (Å²) in [6.45, 7) is 3.91. The minimum atomic E-state index is -3.97. The Labute approximate surface area is 118 Å². The number of carbonyl (C=O) groups excluding carboxylic acids is 1. The van der Waals surface area contributed by atoms with Gasteiger partial charge >= 0.3 is 0 Å². The predicted molar refractivity (Wildman–Crippen MR) is 73.8 cm³/mol. The first kappa shape index (κ1) is 15.0. The molecule has 20 heavy (non-hydrogen) atoms. The molecule has 7 nitrogen and oxygen atoms in total. The fourth-order valence-corrected chi connectivity index (χ4v) is 3.11. The fraction of sp³-hybridized carbons (Fsp3) is 0.667. The van der Waals surface area contributed by atoms with E-state index < -0.39 is 15.9 Å². The zero-order valence-electron chi connectivity index (χ0n) is 11.6. The average Bonchev–Trinajstić information content (AvgIpc) is 3.12. The van der Waals surface area contributed by atoms with Gasteiger partial charge in [0.05, 0.1) is 5.69 Å². The van der Waals surface area contributed by atoms with Crippen molar-refractivity contribution in [1.29, 1.82) is 0 Å². The number of primary sulfonamides is 1. The monoisotopic (exact) mass is 300 g/mol. The molecule has 0 unspecified atom stereocenters. The van der Waals surface area contributed by atoms with Crippen LogP contribution in [0.25, 0.3) is 0 Å². The third kappa shape index (κ3) is 3.01. The van der Waals surface area contributed by atoms with Crippen LogP contribution in [0.15, 0.2) is 4.90 Å². The van der Waals surface area contributed by atoms with Crippen LogP contribution in [0.2, 0.25) is 0 Å². The fourth-order valence-electron chi connectivity index (χ4n) is 2.18. The number of rotatable bonds is 6. The number of H-pyrrole nitrogens is 1. The van der Waals surface area contributed by atoms with Crippen LogP contribution in [0.1, 0.15) is 61.6 Å². The Morgan fingerprint density at radius 2 is 2.05 bits per heavy atom. The molecular weight excluding hydrogens is 280 g/mol. The molecule has 4 N–H and O–H groups in total. The molecule has 1 aromatic rings. The van der Waals surface area contributed by atoms with E-state index in [0.717, 1.165) is 25.7 Å². The molecular formula is C12H20N4O3S. The van der Waals surface area contributed by atoms with Gasteiger partial charge in [0, 0.05) is 12.0 Å². The molecule has 1 amide bonds. The van der Waals surface area contributed by atoms with Crippen molar-refractivity contribution in [3.05, 3.63) is 11.4 Å². The van der Waals surface area contributed by atoms with Crippen LogP contribution in [0.4, 0.5) is 0 Å². The highest BCUT2D eigenvalue weighted by molar-refractivity contribution is 7.89. The van der Waals surface area contributed by atoms with Crippen LogP contribution in [0.3, 0.4) is 0 Å². The summed E-state index contributed by atoms with van der Waals surface area (Å²) in [6, 6.07) is -0.00287. The first-order chi connectivity index (χ1) is 9.38. The molecule has 1 aliphatic rings. The van der Waals surface area contributed by atoms with Gasteiger partial charge in [-0.2, -0.15) is 5.10 Å². The highest BCUT2D eigenvalue weighted by Crippen LogP contribution is 2.42. The second-order valence-electron chi connectivity index (χ2n) is 5.12. The summed E-state index contributed by atoms with van der Waals surface area (Å²) < 4.78 is 23.5. The van der Waals surface area contributed by atoms with E-state index in [9.17, 15) is 13.2 Å². The maximum Gasteiger partial charge on any atom is 0.273 e. The van der Waals surface area contributed by atoms with Gasteiger partial charge in [-0.1, -0.05) is 13.8 Å². The maximum absolute atomic E-state index is 12.2. The Bertz CT molecular complexity index is 600. The zero-order valence-corrected chi connectivity index (χ0v) is 12.5. The lowest BCUT2D eigenvalue weighted by Crippen LogP contribution is -2.35. The van der Waals surface area contributed by atoms with E-state index in [1.807, 2.05) is 13.8 Å². The Morgan fingerprint density at radius 1 is 1.45 bits per heavy atom. The zero-order chi connectivity index (χ0) is 14.9. The number of amides is 1. The summed E-state index contributed by atoms with van der Waals surface area (Å²) in [5.41, 5.74) is 0.337. The number of aromatic nitrogens is 2. The van der Waals surface area contributed by atoms with Crippen LogP contribution in [0, 0.1) is 0 Å². The van der Waals surface area contributed by atoms with Crippen molar-refractivity contribution < 1.29 is 13.2 Å². The molecule has 8 heteroatoms. The van der Waals surface area contributed by atoms with Crippen molar-refractivity contribution in [1.82, 2.24) is 15.5 Å². The molecule has 1 heterocycles. The minimum Gasteiger partial charge on any atom is -0.348 e. The van der Waals surface area contributed by atoms with E-state index >= 15 is 0 Å². The first-order valence-electron chi connectivity index (χ1n) is 6.80. The molecule has 0 radical (unpaired) electrons. The maximum atomic E-state index is 12.2. The summed E-state index contributed by atoms with van der Waals surface area (Å²) in [6.07, 6.45) is 3.32. The second kappa shape index (κ2) is 5.53. The Balaban J connectivity index is 2.34. The normalized spacial score (nSPS) is 15.6. The molecule has 2 rings (SSSR count). The smallest absolute Gasteiger partial charge is 0.273 e. The topological polar surface area (TPSA) is 118 Å². The van der Waals surface area contributed by atoms with Crippen LogP contribution in [-0.4, -0.2) is 30.6 Å². The molecule has 0 spiro atoms. The van der Waals surface area contributed by atoms with Crippen LogP contribution in [0.5, 0.6) is 0 Å². The second-order valence-corrected chi connectivity index (χ2v) is 6.62. The van der Waals surface area contributed by atoms with E-state index in [-0.39, 0.29) is 22.5 Å². The molecule has 112 valence electrons. The predicted octanol–water partition coefficient (Wildman–Crippen LogP) is 0.853. The number of aromatic amines is 1. The van der Waals surface area contributed by atoms with Gasteiger partial charge in [0.2, 0.25) is 10.0 Å². The van der Waals surface area contributed by atoms with Gasteiger partial charge in [0.25, 0.3) is 5.91 Å². The number of nitrogens with two attached hydrogens (primary N) is 1. The summed E-state index contributed by atoms with van der Waals surface area (Å²) in [5.74, 6) is -0.378. The first-order valence-corrected chi connectivity index (χ1v) is 8.35. The molecule has 0 aromatic carbocycles. The number of sulfonamides is 1. The molecule has 1 aromatic heterocycles. The largest absolute Gasteiger partial charge is 0.348 e. The van der Waals surface area contributed by atoms with E-state index in [0.29, 0.717) is 5.69 Å². The molecule has 1 saturated carbocycles. The van der Waals surface area contributed by atoms with Crippen LogP contribution >= 0.6 is 0 Å². The van der Waals surface area contributed by atoms with Gasteiger partial charge < -0.3 is 5.32 Å². The molecule has 0 bridgehead atoms. The van der Waals surface area contributed by atoms with Crippen LogP contribution < -0.4 is 10.5 Å². The molecule has 0 saturated heterocycles. The van der Waals surface area contributed by atoms with Crippen molar-refractivity contribution in [2.24, 2.45) is 5.14 Å². The highest BCUT2D eigenvalue weighted by Gasteiger charge is 2.36. The van der Waals surface area contributed by atoms with E-state index in [4.69, 9.17) is 5.14 Å². The summed E-state index contributed by atoms with van der Waals surface area (Å²) in [4.78, 5) is 12.0. The molecule has 1 fully saturated rings. The number of carbonyl (C=O) groups is 1. The SMILES string of the molecule is CCC(CC)NC(=O)c1n[nH]c(C2CC2)c1S(N)(=O)=O. The standard InChI is InChI=1S/C12H20N4O3S/c1-3-8(4-2)14-12(17)10-11(20(13,18)19)9(15-16-10)7-5-6-7/h7-8H,3-6H2,1-2H3,(H,14,17)(H,15,16)(H2,13,18,19). The molecule has 0 atom stereocenters. The lowest BCUT2D eigenvalue weighted by Gasteiger charge is -2.14. The van der Waals surface area contributed by atoms with E-state index in [1.165, 1.54) is 0 Å². The van der Waals surface area contributed by atoms with Gasteiger partial charge in [0.15, 0.2) is 5.69 Å². The minimum absolute atomic E-state index is 0.00287. The van der Waals surface area contributed by atoms with Crippen molar-refractivity contribution in [2.75, 3.05) is 0 Å². The summed E-state index contributed by atoms with van der Waals surface area (Å²) in [7, 11) is -3.97. The summed E-state index contributed by atoms with van der Waals surface area (Å²) in [5, 5.41) is 14.5. The van der Waals surface area contributed by atoms with E-state index in [2.05, 4.69) is 15.5 Å². The van der Waals surface area contributed by atoms with Crippen molar-refractivity contribution in [2.45, 2.75) is 56.4 Å². The number of hydrogen-bond acceptors (Lipinski definition) is 4. The summed E-state index contributed by atoms with van der Waals surface area (Å²) >= 11 is 0. The Morgan fingerprint density at radius 3 is 2.50 bits per heavy atom. The van der Waals surface area contributed by atoms with Gasteiger partial charge in [-0.05, 0) is 25.7 Å². The Kier molecular flexibility index (Phi) is 4.14. The van der Waals surface area contributed by atoms with E-state index in [1.54, 1.807) is 0 Å². The lowest BCUT2D eigenvalue weighted by molar-refractivity contribution is 0.0926. The van der Waals surface area contributed by atoms with Crippen molar-refractivity contribution >= 4 is 15.9 Å². The van der Waals surface area contributed by atoms with Gasteiger partial charge in [-0.25, -0.2) is 13.6 Å². The average molecular weight is 300 g/mol. The Hall–Kier alpha value is -1.41. The van der Waals surface area contributed by atoms with Crippen molar-refractivity contribution in [3.63, 3.8) is 0 Å². The third-order valence-electron chi connectivity index (χ3n) is 3.55. The number of nitrogens with one attached hydrogen (secondary N) is 2. The van der Waals surface area contributed by atoms with Gasteiger partial charge in [-0.3, -0.25) is 9.89 Å². The van der Waals surface area contributed by atoms with Crippen LogP contribution in [-0.2, 0) is 10.0 Å². The lowest BCUT2D eigenvalue weighted by atomic mass is 10.1. The number of nitrogens with zero attached hydrogens (tertiary/aromatic N) is 1. The quantitative estimate of drug-likeness (QED) is 0.721. The van der Waals surface area contributed by atoms with Crippen molar-refractivity contribution in [3.8, 4) is 0 Å². The number of hydrogen-bond donors (Lipinski definition) is 3.